The van der Waals surface area contributed by atoms with E-state index in [-0.39, 0.29) is 0 Å². The van der Waals surface area contributed by atoms with Crippen LogP contribution in [0.5, 0.6) is 0 Å². The molecule has 1 saturated carbocycles. The second kappa shape index (κ2) is 3.61. The van der Waals surface area contributed by atoms with Crippen LogP contribution in [0.1, 0.15) is 39.5 Å². The summed E-state index contributed by atoms with van der Waals surface area (Å²) in [4.78, 5) is 0. The Morgan fingerprint density at radius 2 is 1.60 bits per heavy atom. The minimum absolute atomic E-state index is 0.481. The first-order valence-electron chi connectivity index (χ1n) is 4.34. The Kier molecular flexibility index (Phi) is 3.03. The SMILES string of the molecule is CC(C)C1CCC(Cl)CC1. The van der Waals surface area contributed by atoms with E-state index in [2.05, 4.69) is 13.8 Å². The molecule has 0 heterocycles. The molecule has 1 rings (SSSR count). The molecule has 1 heteroatoms. The molecule has 0 aromatic heterocycles. The first-order valence-corrected chi connectivity index (χ1v) is 4.78. The first kappa shape index (κ1) is 8.39. The molecular formula is C9H17Cl. The van der Waals surface area contributed by atoms with Crippen molar-refractivity contribution >= 4 is 11.6 Å². The van der Waals surface area contributed by atoms with Crippen molar-refractivity contribution in [2.45, 2.75) is 44.9 Å². The molecule has 0 aromatic carbocycles. The van der Waals surface area contributed by atoms with Crippen LogP contribution in [0.15, 0.2) is 0 Å². The molecule has 0 bridgehead atoms. The molecule has 0 atom stereocenters. The number of hydrogen-bond donors (Lipinski definition) is 0. The van der Waals surface area contributed by atoms with Crippen LogP contribution in [-0.2, 0) is 0 Å². The maximum Gasteiger partial charge on any atom is 0.0336 e. The Bertz CT molecular complexity index is 90.9. The summed E-state index contributed by atoms with van der Waals surface area (Å²) in [6.45, 7) is 4.64. The Hall–Kier alpha value is 0.290. The van der Waals surface area contributed by atoms with Crippen LogP contribution in [0.25, 0.3) is 0 Å². The minimum Gasteiger partial charge on any atom is -0.123 e. The van der Waals surface area contributed by atoms with Gasteiger partial charge in [-0.05, 0) is 37.5 Å². The van der Waals surface area contributed by atoms with E-state index in [9.17, 15) is 0 Å². The summed E-state index contributed by atoms with van der Waals surface area (Å²) in [5.74, 6) is 1.82. The molecule has 0 N–H and O–H groups in total. The lowest BCUT2D eigenvalue weighted by molar-refractivity contribution is 0.282. The third-order valence-corrected chi connectivity index (χ3v) is 3.08. The van der Waals surface area contributed by atoms with E-state index in [1.807, 2.05) is 0 Å². The fraction of sp³-hybridized carbons (Fsp3) is 1.00. The predicted octanol–water partition coefficient (Wildman–Crippen LogP) is 3.44. The van der Waals surface area contributed by atoms with Gasteiger partial charge in [0.2, 0.25) is 0 Å². The molecule has 60 valence electrons. The van der Waals surface area contributed by atoms with Crippen molar-refractivity contribution in [1.82, 2.24) is 0 Å². The second-order valence-electron chi connectivity index (χ2n) is 3.76. The molecule has 0 spiro atoms. The number of rotatable bonds is 1. The van der Waals surface area contributed by atoms with Crippen LogP contribution in [0.4, 0.5) is 0 Å². The van der Waals surface area contributed by atoms with Crippen LogP contribution in [0.2, 0.25) is 0 Å². The van der Waals surface area contributed by atoms with Crippen molar-refractivity contribution in [3.05, 3.63) is 0 Å². The molecule has 10 heavy (non-hydrogen) atoms. The molecule has 1 aliphatic carbocycles. The van der Waals surface area contributed by atoms with Gasteiger partial charge in [0.15, 0.2) is 0 Å². The van der Waals surface area contributed by atoms with Crippen LogP contribution < -0.4 is 0 Å². The predicted molar refractivity (Wildman–Crippen MR) is 46.4 cm³/mol. The van der Waals surface area contributed by atoms with Gasteiger partial charge in [-0.3, -0.25) is 0 Å². The van der Waals surface area contributed by atoms with Gasteiger partial charge in [-0.2, -0.15) is 0 Å². The number of halogens is 1. The normalized spacial score (nSPS) is 34.8. The summed E-state index contributed by atoms with van der Waals surface area (Å²) in [7, 11) is 0. The third-order valence-electron chi connectivity index (χ3n) is 2.64. The van der Waals surface area contributed by atoms with Gasteiger partial charge in [0.05, 0.1) is 0 Å². The summed E-state index contributed by atoms with van der Waals surface area (Å²) >= 11 is 5.99. The standard InChI is InChI=1S/C9H17Cl/c1-7(2)8-3-5-9(10)6-4-8/h7-9H,3-6H2,1-2H3. The van der Waals surface area contributed by atoms with Gasteiger partial charge in [0, 0.05) is 5.38 Å². The van der Waals surface area contributed by atoms with Gasteiger partial charge in [0.1, 0.15) is 0 Å². The lowest BCUT2D eigenvalue weighted by Gasteiger charge is -2.27. The average molecular weight is 161 g/mol. The molecular weight excluding hydrogens is 144 g/mol. The Morgan fingerprint density at radius 3 is 2.00 bits per heavy atom. The monoisotopic (exact) mass is 160 g/mol. The van der Waals surface area contributed by atoms with Gasteiger partial charge in [-0.25, -0.2) is 0 Å². The van der Waals surface area contributed by atoms with Crippen LogP contribution in [0, 0.1) is 11.8 Å². The highest BCUT2D eigenvalue weighted by Crippen LogP contribution is 2.31. The zero-order chi connectivity index (χ0) is 7.56. The van der Waals surface area contributed by atoms with Crippen molar-refractivity contribution in [1.29, 1.82) is 0 Å². The topological polar surface area (TPSA) is 0 Å². The molecule has 1 aliphatic rings. The van der Waals surface area contributed by atoms with Crippen molar-refractivity contribution in [2.75, 3.05) is 0 Å². The fourth-order valence-corrected chi connectivity index (χ4v) is 2.00. The molecule has 0 aromatic rings. The Morgan fingerprint density at radius 1 is 1.10 bits per heavy atom. The van der Waals surface area contributed by atoms with Crippen molar-refractivity contribution in [3.8, 4) is 0 Å². The lowest BCUT2D eigenvalue weighted by Crippen LogP contribution is -2.18. The third kappa shape index (κ3) is 2.16. The summed E-state index contributed by atoms with van der Waals surface area (Å²) in [5.41, 5.74) is 0. The quantitative estimate of drug-likeness (QED) is 0.516. The molecule has 0 amide bonds. The van der Waals surface area contributed by atoms with E-state index < -0.39 is 0 Å². The van der Waals surface area contributed by atoms with Crippen LogP contribution in [-0.4, -0.2) is 5.38 Å². The van der Waals surface area contributed by atoms with E-state index in [1.165, 1.54) is 25.7 Å². The van der Waals surface area contributed by atoms with Gasteiger partial charge in [0.25, 0.3) is 0 Å². The largest absolute Gasteiger partial charge is 0.123 e. The Balaban J connectivity index is 2.26. The number of hydrogen-bond acceptors (Lipinski definition) is 0. The summed E-state index contributed by atoms with van der Waals surface area (Å²) in [6, 6.07) is 0. The van der Waals surface area contributed by atoms with Crippen molar-refractivity contribution in [2.24, 2.45) is 11.8 Å². The molecule has 0 radical (unpaired) electrons. The average Bonchev–Trinajstić information content (AvgIpc) is 1.88. The van der Waals surface area contributed by atoms with Crippen molar-refractivity contribution in [3.63, 3.8) is 0 Å². The molecule has 0 nitrogen and oxygen atoms in total. The smallest absolute Gasteiger partial charge is 0.0336 e. The highest BCUT2D eigenvalue weighted by Gasteiger charge is 2.21. The van der Waals surface area contributed by atoms with Crippen molar-refractivity contribution < 1.29 is 0 Å². The first-order chi connectivity index (χ1) is 4.70. The van der Waals surface area contributed by atoms with Crippen LogP contribution >= 0.6 is 11.6 Å². The maximum absolute atomic E-state index is 5.99. The van der Waals surface area contributed by atoms with E-state index >= 15 is 0 Å². The minimum atomic E-state index is 0.481. The molecule has 1 fully saturated rings. The fourth-order valence-electron chi connectivity index (χ4n) is 1.75. The highest BCUT2D eigenvalue weighted by atomic mass is 35.5. The lowest BCUT2D eigenvalue weighted by atomic mass is 9.82. The molecule has 0 unspecified atom stereocenters. The highest BCUT2D eigenvalue weighted by molar-refractivity contribution is 6.20. The molecule has 0 saturated heterocycles. The Labute approximate surface area is 69.0 Å². The van der Waals surface area contributed by atoms with E-state index in [0.717, 1.165) is 11.8 Å². The summed E-state index contributed by atoms with van der Waals surface area (Å²) in [6.07, 6.45) is 5.19. The van der Waals surface area contributed by atoms with Gasteiger partial charge < -0.3 is 0 Å². The summed E-state index contributed by atoms with van der Waals surface area (Å²) in [5, 5.41) is 0.481. The van der Waals surface area contributed by atoms with Crippen LogP contribution in [0.3, 0.4) is 0 Å². The van der Waals surface area contributed by atoms with E-state index in [4.69, 9.17) is 11.6 Å². The van der Waals surface area contributed by atoms with Gasteiger partial charge >= 0.3 is 0 Å². The second-order valence-corrected chi connectivity index (χ2v) is 4.37. The van der Waals surface area contributed by atoms with Gasteiger partial charge in [-0.1, -0.05) is 13.8 Å². The zero-order valence-electron chi connectivity index (χ0n) is 6.94. The molecule has 0 aliphatic heterocycles. The maximum atomic E-state index is 5.99. The number of alkyl halides is 1. The zero-order valence-corrected chi connectivity index (χ0v) is 7.69. The van der Waals surface area contributed by atoms with E-state index in [1.54, 1.807) is 0 Å². The summed E-state index contributed by atoms with van der Waals surface area (Å²) < 4.78 is 0. The van der Waals surface area contributed by atoms with Gasteiger partial charge in [-0.15, -0.1) is 11.6 Å². The van der Waals surface area contributed by atoms with E-state index in [0.29, 0.717) is 5.38 Å².